The van der Waals surface area contributed by atoms with E-state index < -0.39 is 27.7 Å². The first-order chi connectivity index (χ1) is 7.08. The van der Waals surface area contributed by atoms with Crippen molar-refractivity contribution in [1.82, 2.24) is 0 Å². The SMILES string of the molecule is CC(C)(C)C(=O)C(CCSS)OS(=O)(=O)[O-]. The van der Waals surface area contributed by atoms with Crippen molar-refractivity contribution in [2.24, 2.45) is 5.41 Å². The summed E-state index contributed by atoms with van der Waals surface area (Å²) in [6, 6.07) is 0. The van der Waals surface area contributed by atoms with Crippen LogP contribution in [0.4, 0.5) is 0 Å². The predicted octanol–water partition coefficient (Wildman–Crippen LogP) is 1.42. The first-order valence-corrected chi connectivity index (χ1v) is 7.90. The third-order valence-corrected chi connectivity index (χ3v) is 3.17. The van der Waals surface area contributed by atoms with Gasteiger partial charge in [0.05, 0.1) is 0 Å². The molecule has 0 heterocycles. The van der Waals surface area contributed by atoms with Crippen LogP contribution in [0.5, 0.6) is 0 Å². The molecule has 0 saturated heterocycles. The van der Waals surface area contributed by atoms with Crippen LogP contribution in [0.3, 0.4) is 0 Å². The molecule has 96 valence electrons. The summed E-state index contributed by atoms with van der Waals surface area (Å²) >= 11 is 3.87. The highest BCUT2D eigenvalue weighted by atomic mass is 33.1. The molecule has 5 nitrogen and oxygen atoms in total. The summed E-state index contributed by atoms with van der Waals surface area (Å²) in [4.78, 5) is 11.8. The fraction of sp³-hybridized carbons (Fsp3) is 0.875. The van der Waals surface area contributed by atoms with Crippen LogP contribution < -0.4 is 0 Å². The van der Waals surface area contributed by atoms with E-state index in [1.54, 1.807) is 20.8 Å². The van der Waals surface area contributed by atoms with E-state index in [2.05, 4.69) is 15.8 Å². The molecule has 0 bridgehead atoms. The number of thiol groups is 1. The molecule has 1 unspecified atom stereocenters. The van der Waals surface area contributed by atoms with Crippen LogP contribution >= 0.6 is 22.5 Å². The zero-order valence-electron chi connectivity index (χ0n) is 9.30. The summed E-state index contributed by atoms with van der Waals surface area (Å²) in [7, 11) is -3.71. The van der Waals surface area contributed by atoms with Gasteiger partial charge in [-0.3, -0.25) is 8.98 Å². The number of rotatable bonds is 6. The lowest BCUT2D eigenvalue weighted by Crippen LogP contribution is -2.36. The van der Waals surface area contributed by atoms with Gasteiger partial charge in [-0.2, -0.15) is 0 Å². The van der Waals surface area contributed by atoms with Crippen molar-refractivity contribution in [2.45, 2.75) is 33.3 Å². The van der Waals surface area contributed by atoms with Crippen LogP contribution in [0.15, 0.2) is 0 Å². The number of Topliss-reactive ketones (excluding diaryl/α,β-unsaturated/α-hetero) is 1. The first-order valence-electron chi connectivity index (χ1n) is 4.52. The van der Waals surface area contributed by atoms with E-state index in [0.717, 1.165) is 10.8 Å². The molecule has 0 aromatic heterocycles. The number of hydrogen-bond donors (Lipinski definition) is 1. The Balaban J connectivity index is 4.74. The van der Waals surface area contributed by atoms with Crippen LogP contribution in [0.1, 0.15) is 27.2 Å². The molecular formula is C8H15O5S3-. The van der Waals surface area contributed by atoms with Gasteiger partial charge in [0.1, 0.15) is 6.10 Å². The molecule has 0 aliphatic carbocycles. The molecule has 1 atom stereocenters. The second-order valence-electron chi connectivity index (χ2n) is 4.23. The Bertz CT molecular complexity index is 330. The summed E-state index contributed by atoms with van der Waals surface area (Å²) in [6.45, 7) is 4.91. The smallest absolute Gasteiger partial charge is 0.218 e. The zero-order chi connectivity index (χ0) is 13.0. The van der Waals surface area contributed by atoms with Crippen molar-refractivity contribution in [2.75, 3.05) is 5.75 Å². The second kappa shape index (κ2) is 6.25. The number of carbonyl (C=O) groups excluding carboxylic acids is 1. The lowest BCUT2D eigenvalue weighted by atomic mass is 9.87. The second-order valence-corrected chi connectivity index (χ2v) is 6.68. The molecule has 0 aromatic rings. The molecule has 0 aliphatic heterocycles. The normalized spacial score (nSPS) is 14.8. The zero-order valence-corrected chi connectivity index (χ0v) is 11.8. The van der Waals surface area contributed by atoms with E-state index in [1.165, 1.54) is 0 Å². The summed E-state index contributed by atoms with van der Waals surface area (Å²) in [6.07, 6.45) is -1.08. The molecule has 0 aromatic carbocycles. The van der Waals surface area contributed by atoms with E-state index in [-0.39, 0.29) is 6.42 Å². The van der Waals surface area contributed by atoms with Crippen LogP contribution in [0, 0.1) is 5.41 Å². The molecule has 8 heteroatoms. The third kappa shape index (κ3) is 6.74. The molecule has 0 fully saturated rings. The highest BCUT2D eigenvalue weighted by Crippen LogP contribution is 2.22. The lowest BCUT2D eigenvalue weighted by molar-refractivity contribution is -0.133. The Hall–Kier alpha value is 0.240. The Morgan fingerprint density at radius 1 is 1.50 bits per heavy atom. The van der Waals surface area contributed by atoms with Gasteiger partial charge in [-0.25, -0.2) is 8.42 Å². The van der Waals surface area contributed by atoms with Crippen LogP contribution in [-0.2, 0) is 19.4 Å². The van der Waals surface area contributed by atoms with Gasteiger partial charge in [-0.15, -0.1) is 11.7 Å². The number of hydrogen-bond acceptors (Lipinski definition) is 7. The average molecular weight is 287 g/mol. The predicted molar refractivity (Wildman–Crippen MR) is 65.1 cm³/mol. The molecule has 0 saturated carbocycles. The number of carbonyl (C=O) groups is 1. The van der Waals surface area contributed by atoms with Gasteiger partial charge in [0.15, 0.2) is 5.78 Å². The minimum Gasteiger partial charge on any atom is -0.726 e. The maximum atomic E-state index is 11.8. The first kappa shape index (κ1) is 16.2. The molecule has 0 radical (unpaired) electrons. The van der Waals surface area contributed by atoms with Gasteiger partial charge in [0.25, 0.3) is 0 Å². The van der Waals surface area contributed by atoms with E-state index in [0.29, 0.717) is 5.75 Å². The average Bonchev–Trinajstić information content (AvgIpc) is 2.07. The molecule has 0 spiro atoms. The molecule has 0 amide bonds. The number of ketones is 1. The van der Waals surface area contributed by atoms with Gasteiger partial charge < -0.3 is 4.55 Å². The van der Waals surface area contributed by atoms with Gasteiger partial charge in [0, 0.05) is 11.2 Å². The molecule has 0 rings (SSSR count). The van der Waals surface area contributed by atoms with Crippen molar-refractivity contribution in [3.8, 4) is 0 Å². The Morgan fingerprint density at radius 2 is 2.00 bits per heavy atom. The van der Waals surface area contributed by atoms with E-state index in [9.17, 15) is 17.8 Å². The van der Waals surface area contributed by atoms with Crippen molar-refractivity contribution in [3.63, 3.8) is 0 Å². The Kier molecular flexibility index (Phi) is 6.34. The van der Waals surface area contributed by atoms with Gasteiger partial charge >= 0.3 is 0 Å². The summed E-state index contributed by atoms with van der Waals surface area (Å²) in [5.41, 5.74) is -0.753. The van der Waals surface area contributed by atoms with Crippen LogP contribution in [0.2, 0.25) is 0 Å². The standard InChI is InChI=1S/C8H16O5S3/c1-8(2,3)7(9)6(4-5-15-14)13-16(10,11)12/h6,14H,4-5H2,1-3H3,(H,10,11,12)/p-1. The van der Waals surface area contributed by atoms with Gasteiger partial charge in [-0.05, 0) is 6.42 Å². The molecular weight excluding hydrogens is 272 g/mol. The van der Waals surface area contributed by atoms with Gasteiger partial charge in [-0.1, -0.05) is 31.6 Å². The topological polar surface area (TPSA) is 83.5 Å². The summed E-state index contributed by atoms with van der Waals surface area (Å²) < 4.78 is 35.7. The van der Waals surface area contributed by atoms with Crippen molar-refractivity contribution < 1.29 is 21.9 Å². The molecule has 16 heavy (non-hydrogen) atoms. The fourth-order valence-electron chi connectivity index (χ4n) is 1.01. The van der Waals surface area contributed by atoms with Crippen LogP contribution in [-0.4, -0.2) is 30.6 Å². The quantitative estimate of drug-likeness (QED) is 0.344. The fourth-order valence-corrected chi connectivity index (χ4v) is 2.11. The maximum absolute atomic E-state index is 11.8. The third-order valence-electron chi connectivity index (χ3n) is 1.74. The Morgan fingerprint density at radius 3 is 2.31 bits per heavy atom. The molecule has 0 aliphatic rings. The highest BCUT2D eigenvalue weighted by Gasteiger charge is 2.31. The van der Waals surface area contributed by atoms with E-state index >= 15 is 0 Å². The largest absolute Gasteiger partial charge is 0.726 e. The van der Waals surface area contributed by atoms with Crippen molar-refractivity contribution >= 4 is 38.6 Å². The van der Waals surface area contributed by atoms with Crippen molar-refractivity contribution in [1.29, 1.82) is 0 Å². The molecule has 0 N–H and O–H groups in total. The van der Waals surface area contributed by atoms with E-state index in [4.69, 9.17) is 0 Å². The Labute approximate surface area is 105 Å². The lowest BCUT2D eigenvalue weighted by Gasteiger charge is -2.25. The summed E-state index contributed by atoms with van der Waals surface area (Å²) in [5, 5.41) is 0. The monoisotopic (exact) mass is 287 g/mol. The van der Waals surface area contributed by atoms with Crippen LogP contribution in [0.25, 0.3) is 0 Å². The highest BCUT2D eigenvalue weighted by molar-refractivity contribution is 8.68. The minimum absolute atomic E-state index is 0.145. The minimum atomic E-state index is -4.86. The van der Waals surface area contributed by atoms with E-state index in [1.807, 2.05) is 0 Å². The summed E-state index contributed by atoms with van der Waals surface area (Å²) in [5.74, 6) is 0.0137. The van der Waals surface area contributed by atoms with Gasteiger partial charge in [0.2, 0.25) is 10.4 Å². The maximum Gasteiger partial charge on any atom is 0.218 e. The van der Waals surface area contributed by atoms with Crippen molar-refractivity contribution in [3.05, 3.63) is 0 Å².